The van der Waals surface area contributed by atoms with Crippen molar-refractivity contribution in [1.82, 2.24) is 10.3 Å². The highest BCUT2D eigenvalue weighted by molar-refractivity contribution is 5.97. The Morgan fingerprint density at radius 2 is 1.79 bits per heavy atom. The number of benzene rings is 3. The zero-order chi connectivity index (χ0) is 20.4. The lowest BCUT2D eigenvalue weighted by Crippen LogP contribution is -2.28. The second-order valence-corrected chi connectivity index (χ2v) is 6.92. The smallest absolute Gasteiger partial charge is 0.257 e. The normalized spacial score (nSPS) is 10.8. The van der Waals surface area contributed by atoms with Gasteiger partial charge in [0.1, 0.15) is 11.4 Å². The van der Waals surface area contributed by atoms with Gasteiger partial charge in [-0.3, -0.25) is 9.59 Å². The summed E-state index contributed by atoms with van der Waals surface area (Å²) in [5.41, 5.74) is 4.20. The van der Waals surface area contributed by atoms with Crippen LogP contribution < -0.4 is 10.7 Å². The van der Waals surface area contributed by atoms with E-state index >= 15 is 0 Å². The molecule has 1 heterocycles. The van der Waals surface area contributed by atoms with Crippen LogP contribution >= 0.6 is 0 Å². The van der Waals surface area contributed by atoms with E-state index in [-0.39, 0.29) is 23.4 Å². The molecule has 4 aromatic rings. The van der Waals surface area contributed by atoms with E-state index in [1.807, 2.05) is 49.4 Å². The molecule has 0 aliphatic heterocycles. The first-order valence-electron chi connectivity index (χ1n) is 9.27. The number of amides is 1. The number of hydrogen-bond acceptors (Lipinski definition) is 2. The largest absolute Gasteiger partial charge is 0.360 e. The minimum atomic E-state index is -0.473. The first-order valence-corrected chi connectivity index (χ1v) is 9.27. The van der Waals surface area contributed by atoms with Crippen molar-refractivity contribution in [3.63, 3.8) is 0 Å². The quantitative estimate of drug-likeness (QED) is 0.540. The number of hydrogen-bond donors (Lipinski definition) is 2. The number of carbonyl (C=O) groups is 1. The van der Waals surface area contributed by atoms with Gasteiger partial charge in [-0.25, -0.2) is 4.39 Å². The predicted octanol–water partition coefficient (Wildman–Crippen LogP) is 4.57. The lowest BCUT2D eigenvalue weighted by Gasteiger charge is -2.09. The molecular formula is C24H19FN2O2. The maximum Gasteiger partial charge on any atom is 0.257 e. The van der Waals surface area contributed by atoms with Crippen molar-refractivity contribution in [2.75, 3.05) is 0 Å². The molecule has 0 saturated heterocycles. The Morgan fingerprint density at radius 1 is 1.03 bits per heavy atom. The van der Waals surface area contributed by atoms with E-state index in [9.17, 15) is 14.0 Å². The fourth-order valence-electron chi connectivity index (χ4n) is 3.33. The SMILES string of the molecule is Cc1ccccc1-c1ccc2[nH]cc(C(=O)NCc3ccc(F)cc3)c(=O)c2c1. The van der Waals surface area contributed by atoms with Crippen LogP contribution in [-0.2, 0) is 6.54 Å². The van der Waals surface area contributed by atoms with Crippen molar-refractivity contribution < 1.29 is 9.18 Å². The van der Waals surface area contributed by atoms with Crippen molar-refractivity contribution in [2.24, 2.45) is 0 Å². The van der Waals surface area contributed by atoms with Gasteiger partial charge in [-0.1, -0.05) is 42.5 Å². The molecule has 29 heavy (non-hydrogen) atoms. The molecule has 5 heteroatoms. The standard InChI is InChI=1S/C24H19FN2O2/c1-15-4-2-3-5-19(15)17-8-11-22-20(12-17)23(28)21(14-26-22)24(29)27-13-16-6-9-18(25)10-7-16/h2-12,14H,13H2,1H3,(H,26,28)(H,27,29). The topological polar surface area (TPSA) is 62.0 Å². The van der Waals surface area contributed by atoms with Crippen LogP contribution in [0.2, 0.25) is 0 Å². The summed E-state index contributed by atoms with van der Waals surface area (Å²) in [6, 6.07) is 19.4. The van der Waals surface area contributed by atoms with Crippen LogP contribution in [0.3, 0.4) is 0 Å². The van der Waals surface area contributed by atoms with Crippen LogP contribution in [0.15, 0.2) is 77.7 Å². The molecule has 4 rings (SSSR count). The van der Waals surface area contributed by atoms with Crippen LogP contribution in [0.4, 0.5) is 4.39 Å². The summed E-state index contributed by atoms with van der Waals surface area (Å²) >= 11 is 0. The van der Waals surface area contributed by atoms with Crippen molar-refractivity contribution in [2.45, 2.75) is 13.5 Å². The van der Waals surface area contributed by atoms with Gasteiger partial charge in [-0.15, -0.1) is 0 Å². The predicted molar refractivity (Wildman–Crippen MR) is 112 cm³/mol. The van der Waals surface area contributed by atoms with Gasteiger partial charge >= 0.3 is 0 Å². The van der Waals surface area contributed by atoms with E-state index in [0.717, 1.165) is 22.3 Å². The molecule has 2 N–H and O–H groups in total. The molecule has 144 valence electrons. The van der Waals surface area contributed by atoms with Gasteiger partial charge in [-0.05, 0) is 53.4 Å². The molecule has 0 unspecified atom stereocenters. The second-order valence-electron chi connectivity index (χ2n) is 6.92. The molecule has 3 aromatic carbocycles. The summed E-state index contributed by atoms with van der Waals surface area (Å²) < 4.78 is 13.0. The van der Waals surface area contributed by atoms with E-state index in [1.54, 1.807) is 12.1 Å². The molecular weight excluding hydrogens is 367 g/mol. The molecule has 0 fully saturated rings. The third kappa shape index (κ3) is 3.80. The molecule has 0 aliphatic rings. The highest BCUT2D eigenvalue weighted by atomic mass is 19.1. The number of halogens is 1. The number of aryl methyl sites for hydroxylation is 1. The van der Waals surface area contributed by atoms with Crippen molar-refractivity contribution in [1.29, 1.82) is 0 Å². The number of pyridine rings is 1. The zero-order valence-electron chi connectivity index (χ0n) is 15.8. The van der Waals surface area contributed by atoms with Crippen molar-refractivity contribution >= 4 is 16.8 Å². The molecule has 0 spiro atoms. The number of fused-ring (bicyclic) bond motifs is 1. The highest BCUT2D eigenvalue weighted by Crippen LogP contribution is 2.25. The Morgan fingerprint density at radius 3 is 2.55 bits per heavy atom. The van der Waals surface area contributed by atoms with E-state index < -0.39 is 5.91 Å². The molecule has 0 atom stereocenters. The Labute approximate surface area is 167 Å². The second kappa shape index (κ2) is 7.72. The maximum absolute atomic E-state index is 13.0. The van der Waals surface area contributed by atoms with Crippen molar-refractivity contribution in [3.05, 3.63) is 106 Å². The van der Waals surface area contributed by atoms with E-state index in [0.29, 0.717) is 10.9 Å². The summed E-state index contributed by atoms with van der Waals surface area (Å²) in [5, 5.41) is 3.17. The summed E-state index contributed by atoms with van der Waals surface area (Å²) in [4.78, 5) is 28.5. The van der Waals surface area contributed by atoms with Gasteiger partial charge in [0, 0.05) is 23.6 Å². The van der Waals surface area contributed by atoms with Gasteiger partial charge in [-0.2, -0.15) is 0 Å². The summed E-state index contributed by atoms with van der Waals surface area (Å²) in [5.74, 6) is -0.811. The average Bonchev–Trinajstić information content (AvgIpc) is 2.74. The molecule has 0 bridgehead atoms. The molecule has 0 aliphatic carbocycles. The third-order valence-electron chi connectivity index (χ3n) is 4.95. The Hall–Kier alpha value is -3.73. The van der Waals surface area contributed by atoms with Gasteiger partial charge in [0.05, 0.1) is 0 Å². The molecule has 0 radical (unpaired) electrons. The molecule has 0 saturated carbocycles. The van der Waals surface area contributed by atoms with E-state index in [4.69, 9.17) is 0 Å². The first-order chi connectivity index (χ1) is 14.0. The van der Waals surface area contributed by atoms with E-state index in [1.165, 1.54) is 18.3 Å². The minimum Gasteiger partial charge on any atom is -0.360 e. The average molecular weight is 386 g/mol. The highest BCUT2D eigenvalue weighted by Gasteiger charge is 2.14. The number of rotatable bonds is 4. The van der Waals surface area contributed by atoms with Crippen LogP contribution in [0.1, 0.15) is 21.5 Å². The summed E-state index contributed by atoms with van der Waals surface area (Å²) in [7, 11) is 0. The number of aromatic amines is 1. The number of nitrogens with one attached hydrogen (secondary N) is 2. The Balaban J connectivity index is 1.65. The fraction of sp³-hybridized carbons (Fsp3) is 0.0833. The lowest BCUT2D eigenvalue weighted by molar-refractivity contribution is 0.0949. The van der Waals surface area contributed by atoms with Crippen LogP contribution in [-0.4, -0.2) is 10.9 Å². The fourth-order valence-corrected chi connectivity index (χ4v) is 3.33. The minimum absolute atomic E-state index is 0.0431. The van der Waals surface area contributed by atoms with Crippen LogP contribution in [0, 0.1) is 12.7 Å². The van der Waals surface area contributed by atoms with Crippen LogP contribution in [0.5, 0.6) is 0 Å². The number of carbonyl (C=O) groups excluding carboxylic acids is 1. The molecule has 1 amide bonds. The van der Waals surface area contributed by atoms with Gasteiger partial charge in [0.15, 0.2) is 0 Å². The summed E-state index contributed by atoms with van der Waals surface area (Å²) in [6.45, 7) is 2.23. The third-order valence-corrected chi connectivity index (χ3v) is 4.95. The van der Waals surface area contributed by atoms with Gasteiger partial charge < -0.3 is 10.3 Å². The zero-order valence-corrected chi connectivity index (χ0v) is 15.8. The van der Waals surface area contributed by atoms with E-state index in [2.05, 4.69) is 10.3 Å². The number of H-pyrrole nitrogens is 1. The Bertz CT molecular complexity index is 1260. The number of aromatic nitrogens is 1. The lowest BCUT2D eigenvalue weighted by atomic mass is 9.98. The first kappa shape index (κ1) is 18.6. The molecule has 4 nitrogen and oxygen atoms in total. The summed E-state index contributed by atoms with van der Waals surface area (Å²) in [6.07, 6.45) is 1.43. The van der Waals surface area contributed by atoms with Gasteiger partial charge in [0.25, 0.3) is 5.91 Å². The monoisotopic (exact) mass is 386 g/mol. The van der Waals surface area contributed by atoms with Gasteiger partial charge in [0.2, 0.25) is 5.43 Å². The van der Waals surface area contributed by atoms with Crippen LogP contribution in [0.25, 0.3) is 22.0 Å². The maximum atomic E-state index is 13.0. The van der Waals surface area contributed by atoms with Crippen molar-refractivity contribution in [3.8, 4) is 11.1 Å². The molecule has 1 aromatic heterocycles. The Kier molecular flexibility index (Phi) is 4.96.